The highest BCUT2D eigenvalue weighted by molar-refractivity contribution is 5.80. The molecule has 2 heteroatoms. The Balaban J connectivity index is 2.05. The van der Waals surface area contributed by atoms with Gasteiger partial charge >= 0.3 is 0 Å². The Morgan fingerprint density at radius 3 is 2.77 bits per heavy atom. The minimum Gasteiger partial charge on any atom is -0.330 e. The lowest BCUT2D eigenvalue weighted by Crippen LogP contribution is -2.12. The fourth-order valence-electron chi connectivity index (χ4n) is 1.58. The van der Waals surface area contributed by atoms with Crippen molar-refractivity contribution in [2.45, 2.75) is 45.4 Å². The fourth-order valence-corrected chi connectivity index (χ4v) is 1.58. The van der Waals surface area contributed by atoms with Crippen LogP contribution >= 0.6 is 0 Å². The maximum atomic E-state index is 11.5. The van der Waals surface area contributed by atoms with Gasteiger partial charge in [-0.25, -0.2) is 0 Å². The van der Waals surface area contributed by atoms with Crippen molar-refractivity contribution in [3.8, 4) is 0 Å². The standard InChI is InChI=1S/C11H21NO/c1-9(3-2-8-12)11(13)7-6-10-4-5-10/h9-10H,2-8,12H2,1H3. The summed E-state index contributed by atoms with van der Waals surface area (Å²) in [5, 5.41) is 0. The van der Waals surface area contributed by atoms with Gasteiger partial charge < -0.3 is 5.73 Å². The zero-order valence-corrected chi connectivity index (χ0v) is 8.59. The summed E-state index contributed by atoms with van der Waals surface area (Å²) in [6.07, 6.45) is 6.59. The smallest absolute Gasteiger partial charge is 0.135 e. The first-order valence-electron chi connectivity index (χ1n) is 5.46. The van der Waals surface area contributed by atoms with Gasteiger partial charge in [0.2, 0.25) is 0 Å². The van der Waals surface area contributed by atoms with Crippen LogP contribution in [0, 0.1) is 11.8 Å². The van der Waals surface area contributed by atoms with Crippen molar-refractivity contribution in [1.29, 1.82) is 0 Å². The molecule has 0 aromatic rings. The number of carbonyl (C=O) groups is 1. The van der Waals surface area contributed by atoms with E-state index in [2.05, 4.69) is 0 Å². The third-order valence-electron chi connectivity index (χ3n) is 2.89. The van der Waals surface area contributed by atoms with Crippen LogP contribution in [-0.4, -0.2) is 12.3 Å². The van der Waals surface area contributed by atoms with Gasteiger partial charge in [0, 0.05) is 12.3 Å². The van der Waals surface area contributed by atoms with E-state index >= 15 is 0 Å². The molecule has 1 rings (SSSR count). The van der Waals surface area contributed by atoms with E-state index in [0.29, 0.717) is 12.3 Å². The minimum atomic E-state index is 0.238. The minimum absolute atomic E-state index is 0.238. The van der Waals surface area contributed by atoms with Gasteiger partial charge in [-0.1, -0.05) is 19.8 Å². The van der Waals surface area contributed by atoms with Gasteiger partial charge in [0.05, 0.1) is 0 Å². The molecule has 2 nitrogen and oxygen atoms in total. The number of ketones is 1. The Morgan fingerprint density at radius 2 is 2.23 bits per heavy atom. The van der Waals surface area contributed by atoms with Gasteiger partial charge in [0.15, 0.2) is 0 Å². The summed E-state index contributed by atoms with van der Waals surface area (Å²) >= 11 is 0. The van der Waals surface area contributed by atoms with Crippen molar-refractivity contribution in [2.24, 2.45) is 17.6 Å². The van der Waals surface area contributed by atoms with E-state index in [1.807, 2.05) is 6.92 Å². The molecule has 1 aliphatic carbocycles. The van der Waals surface area contributed by atoms with Crippen molar-refractivity contribution < 1.29 is 4.79 Å². The Hall–Kier alpha value is -0.370. The first-order chi connectivity index (χ1) is 6.24. The van der Waals surface area contributed by atoms with Crippen molar-refractivity contribution in [3.63, 3.8) is 0 Å². The molecule has 1 unspecified atom stereocenters. The van der Waals surface area contributed by atoms with E-state index in [1.54, 1.807) is 0 Å². The van der Waals surface area contributed by atoms with Gasteiger partial charge in [-0.2, -0.15) is 0 Å². The maximum Gasteiger partial charge on any atom is 0.135 e. The Kier molecular flexibility index (Phi) is 4.43. The number of hydrogen-bond donors (Lipinski definition) is 1. The van der Waals surface area contributed by atoms with Crippen molar-refractivity contribution in [2.75, 3.05) is 6.54 Å². The molecule has 1 aliphatic rings. The van der Waals surface area contributed by atoms with Crippen LogP contribution in [0.25, 0.3) is 0 Å². The first kappa shape index (κ1) is 10.7. The highest BCUT2D eigenvalue weighted by Gasteiger charge is 2.23. The molecule has 1 atom stereocenters. The third-order valence-corrected chi connectivity index (χ3v) is 2.89. The molecule has 0 aliphatic heterocycles. The van der Waals surface area contributed by atoms with Gasteiger partial charge in [0.25, 0.3) is 0 Å². The summed E-state index contributed by atoms with van der Waals surface area (Å²) in [5.41, 5.74) is 5.40. The summed E-state index contributed by atoms with van der Waals surface area (Å²) in [6.45, 7) is 2.74. The van der Waals surface area contributed by atoms with Gasteiger partial charge in [-0.05, 0) is 31.7 Å². The molecule has 76 valence electrons. The lowest BCUT2D eigenvalue weighted by molar-refractivity contribution is -0.122. The van der Waals surface area contributed by atoms with E-state index < -0.39 is 0 Å². The second kappa shape index (κ2) is 5.38. The molecule has 0 spiro atoms. The Morgan fingerprint density at radius 1 is 1.54 bits per heavy atom. The number of rotatable bonds is 7. The molecule has 1 fully saturated rings. The van der Waals surface area contributed by atoms with Crippen LogP contribution in [0.15, 0.2) is 0 Å². The summed E-state index contributed by atoms with van der Waals surface area (Å²) in [6, 6.07) is 0. The monoisotopic (exact) mass is 183 g/mol. The molecule has 0 amide bonds. The van der Waals surface area contributed by atoms with Gasteiger partial charge in [0.1, 0.15) is 5.78 Å². The molecule has 0 saturated heterocycles. The average Bonchev–Trinajstić information content (AvgIpc) is 2.93. The van der Waals surface area contributed by atoms with Crippen LogP contribution < -0.4 is 5.73 Å². The summed E-state index contributed by atoms with van der Waals surface area (Å²) in [5.74, 6) is 1.56. The largest absolute Gasteiger partial charge is 0.330 e. The number of carbonyl (C=O) groups excluding carboxylic acids is 1. The van der Waals surface area contributed by atoms with Crippen LogP contribution in [0.3, 0.4) is 0 Å². The lowest BCUT2D eigenvalue weighted by atomic mass is 9.96. The SMILES string of the molecule is CC(CCCN)C(=O)CCC1CC1. The first-order valence-corrected chi connectivity index (χ1v) is 5.46. The number of nitrogens with two attached hydrogens (primary N) is 1. The van der Waals surface area contributed by atoms with Crippen LogP contribution in [0.1, 0.15) is 45.4 Å². The van der Waals surface area contributed by atoms with Crippen molar-refractivity contribution in [1.82, 2.24) is 0 Å². The van der Waals surface area contributed by atoms with E-state index in [4.69, 9.17) is 5.73 Å². The van der Waals surface area contributed by atoms with Crippen LogP contribution in [0.5, 0.6) is 0 Å². The van der Waals surface area contributed by atoms with E-state index in [1.165, 1.54) is 12.8 Å². The third kappa shape index (κ3) is 4.41. The Labute approximate surface area is 80.9 Å². The molecule has 1 saturated carbocycles. The molecule has 0 aromatic carbocycles. The fraction of sp³-hybridized carbons (Fsp3) is 0.909. The molecule has 0 radical (unpaired) electrons. The van der Waals surface area contributed by atoms with Crippen molar-refractivity contribution >= 4 is 5.78 Å². The summed E-state index contributed by atoms with van der Waals surface area (Å²) < 4.78 is 0. The normalized spacial score (nSPS) is 18.6. The predicted octanol–water partition coefficient (Wildman–Crippen LogP) is 2.12. The quantitative estimate of drug-likeness (QED) is 0.657. The van der Waals surface area contributed by atoms with Crippen LogP contribution in [0.2, 0.25) is 0 Å². The zero-order valence-electron chi connectivity index (χ0n) is 8.59. The molecular weight excluding hydrogens is 162 g/mol. The average molecular weight is 183 g/mol. The summed E-state index contributed by atoms with van der Waals surface area (Å²) in [7, 11) is 0. The second-order valence-corrected chi connectivity index (χ2v) is 4.28. The molecule has 0 aromatic heterocycles. The molecule has 0 bridgehead atoms. The van der Waals surface area contributed by atoms with Crippen LogP contribution in [0.4, 0.5) is 0 Å². The molecule has 0 heterocycles. The van der Waals surface area contributed by atoms with Crippen LogP contribution in [-0.2, 0) is 4.79 Å². The maximum absolute atomic E-state index is 11.5. The zero-order chi connectivity index (χ0) is 9.68. The van der Waals surface area contributed by atoms with E-state index in [-0.39, 0.29) is 5.92 Å². The van der Waals surface area contributed by atoms with Gasteiger partial charge in [-0.3, -0.25) is 4.79 Å². The van der Waals surface area contributed by atoms with E-state index in [9.17, 15) is 4.79 Å². The van der Waals surface area contributed by atoms with Crippen molar-refractivity contribution in [3.05, 3.63) is 0 Å². The highest BCUT2D eigenvalue weighted by atomic mass is 16.1. The van der Waals surface area contributed by atoms with E-state index in [0.717, 1.165) is 31.6 Å². The summed E-state index contributed by atoms with van der Waals surface area (Å²) in [4.78, 5) is 11.5. The predicted molar refractivity (Wildman–Crippen MR) is 54.4 cm³/mol. The molecule has 2 N–H and O–H groups in total. The molecular formula is C11H21NO. The second-order valence-electron chi connectivity index (χ2n) is 4.28. The molecule has 13 heavy (non-hydrogen) atoms. The number of hydrogen-bond acceptors (Lipinski definition) is 2. The topological polar surface area (TPSA) is 43.1 Å². The number of Topliss-reactive ketones (excluding diaryl/α,β-unsaturated/α-hetero) is 1. The highest BCUT2D eigenvalue weighted by Crippen LogP contribution is 2.33. The van der Waals surface area contributed by atoms with Gasteiger partial charge in [-0.15, -0.1) is 0 Å². The lowest BCUT2D eigenvalue weighted by Gasteiger charge is -2.08. The Bertz CT molecular complexity index is 163.